The standard InChI is InChI=1S/C18H14ClF2NO5S/c1-26-14-4-3-9(5-11(14)19)18-17(15(8-23)27-22-18)10-6-13(21)16(7-12(10)20)28(2,24)25/h3-7,23H,8H2,1-2H3. The van der Waals surface area contributed by atoms with E-state index in [1.165, 1.54) is 13.2 Å². The zero-order valence-corrected chi connectivity index (χ0v) is 16.2. The van der Waals surface area contributed by atoms with Crippen molar-refractivity contribution in [2.45, 2.75) is 11.5 Å². The van der Waals surface area contributed by atoms with Crippen LogP contribution in [0.5, 0.6) is 5.75 Å². The summed E-state index contributed by atoms with van der Waals surface area (Å²) in [5.41, 5.74) is 0.174. The highest BCUT2D eigenvalue weighted by Crippen LogP contribution is 2.39. The lowest BCUT2D eigenvalue weighted by molar-refractivity contribution is 0.230. The van der Waals surface area contributed by atoms with Gasteiger partial charge in [-0.1, -0.05) is 16.8 Å². The second kappa shape index (κ2) is 7.50. The molecule has 0 saturated heterocycles. The number of sulfone groups is 1. The molecule has 3 rings (SSSR count). The molecule has 0 saturated carbocycles. The Morgan fingerprint density at radius 2 is 1.93 bits per heavy atom. The minimum atomic E-state index is -3.97. The van der Waals surface area contributed by atoms with Crippen LogP contribution in [-0.4, -0.2) is 32.0 Å². The number of rotatable bonds is 5. The van der Waals surface area contributed by atoms with E-state index in [2.05, 4.69) is 5.16 Å². The van der Waals surface area contributed by atoms with Crippen LogP contribution < -0.4 is 4.74 Å². The topological polar surface area (TPSA) is 89.6 Å². The maximum Gasteiger partial charge on any atom is 0.178 e. The molecule has 1 N–H and O–H groups in total. The van der Waals surface area contributed by atoms with Crippen molar-refractivity contribution in [1.29, 1.82) is 0 Å². The van der Waals surface area contributed by atoms with Crippen LogP contribution in [0.15, 0.2) is 39.8 Å². The molecule has 0 aliphatic heterocycles. The molecular weight excluding hydrogens is 416 g/mol. The fourth-order valence-corrected chi connectivity index (χ4v) is 3.71. The number of aliphatic hydroxyl groups excluding tert-OH is 1. The van der Waals surface area contributed by atoms with Crippen molar-refractivity contribution in [3.8, 4) is 28.1 Å². The predicted octanol–water partition coefficient (Wildman–Crippen LogP) is 3.84. The third kappa shape index (κ3) is 3.60. The van der Waals surface area contributed by atoms with Gasteiger partial charge in [-0.3, -0.25) is 0 Å². The Morgan fingerprint density at radius 3 is 2.50 bits per heavy atom. The minimum absolute atomic E-state index is 0.0137. The zero-order valence-electron chi connectivity index (χ0n) is 14.7. The van der Waals surface area contributed by atoms with Gasteiger partial charge in [0.25, 0.3) is 0 Å². The van der Waals surface area contributed by atoms with Gasteiger partial charge in [-0.2, -0.15) is 0 Å². The normalized spacial score (nSPS) is 11.6. The summed E-state index contributed by atoms with van der Waals surface area (Å²) < 4.78 is 62.4. The van der Waals surface area contributed by atoms with Crippen LogP contribution in [0.25, 0.3) is 22.4 Å². The number of hydrogen-bond donors (Lipinski definition) is 1. The van der Waals surface area contributed by atoms with Gasteiger partial charge in [0.2, 0.25) is 0 Å². The molecule has 2 aromatic carbocycles. The second-order valence-electron chi connectivity index (χ2n) is 5.87. The van der Waals surface area contributed by atoms with Crippen molar-refractivity contribution in [2.75, 3.05) is 13.4 Å². The molecule has 1 aromatic heterocycles. The molecule has 0 amide bonds. The van der Waals surface area contributed by atoms with E-state index in [1.54, 1.807) is 12.1 Å². The van der Waals surface area contributed by atoms with Crippen molar-refractivity contribution >= 4 is 21.4 Å². The Morgan fingerprint density at radius 1 is 1.21 bits per heavy atom. The van der Waals surface area contributed by atoms with E-state index in [-0.39, 0.29) is 27.6 Å². The molecular formula is C18H14ClF2NO5S. The van der Waals surface area contributed by atoms with Crippen molar-refractivity contribution in [3.05, 3.63) is 52.7 Å². The first-order chi connectivity index (χ1) is 13.2. The average Bonchev–Trinajstić information content (AvgIpc) is 3.06. The van der Waals surface area contributed by atoms with Crippen molar-refractivity contribution in [2.24, 2.45) is 0 Å². The van der Waals surface area contributed by atoms with Crippen molar-refractivity contribution in [1.82, 2.24) is 5.16 Å². The quantitative estimate of drug-likeness (QED) is 0.662. The van der Waals surface area contributed by atoms with Gasteiger partial charge < -0.3 is 14.4 Å². The number of aliphatic hydroxyl groups is 1. The first kappa shape index (κ1) is 20.2. The lowest BCUT2D eigenvalue weighted by Gasteiger charge is -2.09. The van der Waals surface area contributed by atoms with Crippen LogP contribution in [0.2, 0.25) is 5.02 Å². The Hall–Kier alpha value is -2.49. The van der Waals surface area contributed by atoms with Crippen LogP contribution in [0.3, 0.4) is 0 Å². The Balaban J connectivity index is 2.25. The van der Waals surface area contributed by atoms with Crippen LogP contribution in [0.4, 0.5) is 8.78 Å². The molecule has 0 atom stereocenters. The van der Waals surface area contributed by atoms with Gasteiger partial charge in [0.05, 0.1) is 17.7 Å². The second-order valence-corrected chi connectivity index (χ2v) is 8.26. The van der Waals surface area contributed by atoms with E-state index in [0.717, 1.165) is 12.3 Å². The Bertz CT molecular complexity index is 1160. The molecule has 0 aliphatic rings. The summed E-state index contributed by atoms with van der Waals surface area (Å²) in [5.74, 6) is -1.87. The molecule has 3 aromatic rings. The highest BCUT2D eigenvalue weighted by atomic mass is 35.5. The summed E-state index contributed by atoms with van der Waals surface area (Å²) in [4.78, 5) is -0.773. The minimum Gasteiger partial charge on any atom is -0.495 e. The molecule has 0 unspecified atom stereocenters. The maximum atomic E-state index is 14.7. The average molecular weight is 430 g/mol. The van der Waals surface area contributed by atoms with Crippen molar-refractivity contribution in [3.63, 3.8) is 0 Å². The predicted molar refractivity (Wildman–Crippen MR) is 97.9 cm³/mol. The van der Waals surface area contributed by atoms with E-state index in [0.29, 0.717) is 17.4 Å². The van der Waals surface area contributed by atoms with Gasteiger partial charge in [-0.05, 0) is 30.3 Å². The Kier molecular flexibility index (Phi) is 5.42. The molecule has 28 heavy (non-hydrogen) atoms. The van der Waals surface area contributed by atoms with E-state index < -0.39 is 33.0 Å². The summed E-state index contributed by atoms with van der Waals surface area (Å²) in [7, 11) is -2.53. The van der Waals surface area contributed by atoms with E-state index in [4.69, 9.17) is 20.9 Å². The molecule has 0 bridgehead atoms. The van der Waals surface area contributed by atoms with Gasteiger partial charge >= 0.3 is 0 Å². The number of benzene rings is 2. The largest absolute Gasteiger partial charge is 0.495 e. The van der Waals surface area contributed by atoms with Gasteiger partial charge in [-0.15, -0.1) is 0 Å². The number of halogens is 3. The highest BCUT2D eigenvalue weighted by molar-refractivity contribution is 7.90. The first-order valence-electron chi connectivity index (χ1n) is 7.80. The number of hydrogen-bond acceptors (Lipinski definition) is 6. The van der Waals surface area contributed by atoms with Crippen LogP contribution >= 0.6 is 11.6 Å². The van der Waals surface area contributed by atoms with Gasteiger partial charge in [0.1, 0.15) is 34.6 Å². The van der Waals surface area contributed by atoms with Crippen LogP contribution in [0.1, 0.15) is 5.76 Å². The highest BCUT2D eigenvalue weighted by Gasteiger charge is 2.25. The molecule has 0 spiro atoms. The molecule has 0 radical (unpaired) electrons. The van der Waals surface area contributed by atoms with E-state index in [1.807, 2.05) is 0 Å². The number of aromatic nitrogens is 1. The molecule has 10 heteroatoms. The maximum absolute atomic E-state index is 14.7. The summed E-state index contributed by atoms with van der Waals surface area (Å²) in [6.45, 7) is -0.638. The van der Waals surface area contributed by atoms with Crippen LogP contribution in [0, 0.1) is 11.6 Å². The smallest absolute Gasteiger partial charge is 0.178 e. The van der Waals surface area contributed by atoms with E-state index in [9.17, 15) is 22.3 Å². The summed E-state index contributed by atoms with van der Waals surface area (Å²) in [6, 6.07) is 5.93. The van der Waals surface area contributed by atoms with Crippen molar-refractivity contribution < 1.29 is 31.6 Å². The molecule has 0 aliphatic carbocycles. The Labute approximate surface area is 164 Å². The number of ether oxygens (including phenoxy) is 1. The number of nitrogens with zero attached hydrogens (tertiary/aromatic N) is 1. The van der Waals surface area contributed by atoms with Gasteiger partial charge in [0, 0.05) is 17.4 Å². The number of methoxy groups -OCH3 is 1. The van der Waals surface area contributed by atoms with Crippen LogP contribution in [-0.2, 0) is 16.4 Å². The summed E-state index contributed by atoms with van der Waals surface area (Å²) in [6.07, 6.45) is 0.772. The zero-order chi connectivity index (χ0) is 20.6. The fourth-order valence-electron chi connectivity index (χ4n) is 2.72. The van der Waals surface area contributed by atoms with Gasteiger partial charge in [0.15, 0.2) is 15.6 Å². The molecule has 0 fully saturated rings. The van der Waals surface area contributed by atoms with Gasteiger partial charge in [-0.25, -0.2) is 17.2 Å². The fraction of sp³-hybridized carbons (Fsp3) is 0.167. The monoisotopic (exact) mass is 429 g/mol. The summed E-state index contributed by atoms with van der Waals surface area (Å²) in [5, 5.41) is 13.6. The molecule has 1 heterocycles. The SMILES string of the molecule is COc1ccc(-c2noc(CO)c2-c2cc(F)c(S(C)(=O)=O)cc2F)cc1Cl. The van der Waals surface area contributed by atoms with E-state index >= 15 is 0 Å². The third-order valence-corrected chi connectivity index (χ3v) is 5.43. The summed E-state index contributed by atoms with van der Waals surface area (Å²) >= 11 is 6.11. The lowest BCUT2D eigenvalue weighted by Crippen LogP contribution is -2.03. The lowest BCUT2D eigenvalue weighted by atomic mass is 9.98. The third-order valence-electron chi connectivity index (χ3n) is 4.02. The molecule has 6 nitrogen and oxygen atoms in total. The molecule has 148 valence electrons. The first-order valence-corrected chi connectivity index (χ1v) is 10.1.